The predicted octanol–water partition coefficient (Wildman–Crippen LogP) is 2.25. The Labute approximate surface area is 172 Å². The molecule has 3 N–H and O–H groups in total. The predicted molar refractivity (Wildman–Crippen MR) is 115 cm³/mol. The van der Waals surface area contributed by atoms with Crippen molar-refractivity contribution in [1.29, 1.82) is 0 Å². The van der Waals surface area contributed by atoms with E-state index in [0.717, 1.165) is 11.3 Å². The lowest BCUT2D eigenvalue weighted by Crippen LogP contribution is -2.38. The molecule has 0 spiro atoms. The van der Waals surface area contributed by atoms with Gasteiger partial charge in [-0.15, -0.1) is 0 Å². The average molecular weight is 399 g/mol. The van der Waals surface area contributed by atoms with Gasteiger partial charge in [0.05, 0.1) is 6.54 Å². The quantitative estimate of drug-likeness (QED) is 0.325. The number of ether oxygens (including phenoxy) is 2. The molecule has 0 saturated heterocycles. The smallest absolute Gasteiger partial charge is 0.257 e. The van der Waals surface area contributed by atoms with Crippen molar-refractivity contribution in [2.24, 2.45) is 4.99 Å². The van der Waals surface area contributed by atoms with Crippen LogP contribution >= 0.6 is 0 Å². The summed E-state index contributed by atoms with van der Waals surface area (Å²) in [7, 11) is 1.72. The fourth-order valence-corrected chi connectivity index (χ4v) is 2.52. The summed E-state index contributed by atoms with van der Waals surface area (Å²) in [5.41, 5.74) is 2.23. The molecule has 2 aromatic carbocycles. The highest BCUT2D eigenvalue weighted by Gasteiger charge is 2.03. The van der Waals surface area contributed by atoms with Crippen LogP contribution in [0.3, 0.4) is 0 Å². The average Bonchev–Trinajstić information content (AvgIpc) is 2.73. The fourth-order valence-electron chi connectivity index (χ4n) is 2.52. The number of aryl methyl sites for hydroxylation is 1. The molecule has 7 nitrogen and oxygen atoms in total. The summed E-state index contributed by atoms with van der Waals surface area (Å²) in [5, 5.41) is 9.18. The molecule has 0 atom stereocenters. The molecule has 7 heteroatoms. The Morgan fingerprint density at radius 2 is 1.79 bits per heavy atom. The summed E-state index contributed by atoms with van der Waals surface area (Å²) in [5.74, 6) is 2.06. The van der Waals surface area contributed by atoms with Gasteiger partial charge in [0.2, 0.25) is 0 Å². The maximum atomic E-state index is 11.5. The molecule has 2 rings (SSSR count). The Morgan fingerprint density at radius 1 is 1.00 bits per heavy atom. The van der Waals surface area contributed by atoms with Crippen LogP contribution in [0, 0.1) is 6.92 Å². The van der Waals surface area contributed by atoms with Crippen molar-refractivity contribution < 1.29 is 14.3 Å². The van der Waals surface area contributed by atoms with Crippen molar-refractivity contribution >= 4 is 11.9 Å². The van der Waals surface area contributed by atoms with E-state index in [1.165, 1.54) is 5.56 Å². The number of nitrogens with one attached hydrogen (secondary N) is 3. The first-order valence-electron chi connectivity index (χ1n) is 9.73. The number of aliphatic imine (C=N–C) groups is 1. The second-order valence-corrected chi connectivity index (χ2v) is 6.40. The Balaban J connectivity index is 1.72. The molecule has 2 aromatic rings. The van der Waals surface area contributed by atoms with Crippen LogP contribution in [0.1, 0.15) is 18.1 Å². The molecule has 29 heavy (non-hydrogen) atoms. The summed E-state index contributed by atoms with van der Waals surface area (Å²) in [4.78, 5) is 15.7. The molecule has 0 aliphatic carbocycles. The Hall–Kier alpha value is -3.22. The molecule has 0 heterocycles. The number of likely N-dealkylation sites (N-methyl/N-ethyl adjacent to an activating group) is 1. The topological polar surface area (TPSA) is 84.0 Å². The zero-order chi connectivity index (χ0) is 20.9. The monoisotopic (exact) mass is 398 g/mol. The number of carbonyl (C=O) groups is 1. The molecule has 0 radical (unpaired) electrons. The van der Waals surface area contributed by atoms with E-state index in [4.69, 9.17) is 9.47 Å². The minimum Gasteiger partial charge on any atom is -0.492 e. The Bertz CT molecular complexity index is 791. The van der Waals surface area contributed by atoms with Gasteiger partial charge in [0, 0.05) is 20.1 Å². The maximum Gasteiger partial charge on any atom is 0.257 e. The summed E-state index contributed by atoms with van der Waals surface area (Å²) < 4.78 is 11.2. The highest BCUT2D eigenvalue weighted by atomic mass is 16.5. The first kappa shape index (κ1) is 22.1. The molecule has 0 bridgehead atoms. The van der Waals surface area contributed by atoms with Gasteiger partial charge < -0.3 is 25.4 Å². The lowest BCUT2D eigenvalue weighted by atomic mass is 10.2. The molecule has 0 aliphatic heterocycles. The first-order valence-corrected chi connectivity index (χ1v) is 9.73. The van der Waals surface area contributed by atoms with Gasteiger partial charge in [-0.2, -0.15) is 0 Å². The van der Waals surface area contributed by atoms with Crippen molar-refractivity contribution in [1.82, 2.24) is 16.0 Å². The number of carbonyl (C=O) groups excluding carboxylic acids is 1. The number of nitrogens with zero attached hydrogens (tertiary/aromatic N) is 1. The molecule has 0 saturated carbocycles. The van der Waals surface area contributed by atoms with Gasteiger partial charge in [0.1, 0.15) is 18.1 Å². The number of hydrogen-bond donors (Lipinski definition) is 3. The van der Waals surface area contributed by atoms with Crippen molar-refractivity contribution in [2.75, 3.05) is 33.4 Å². The van der Waals surface area contributed by atoms with Gasteiger partial charge >= 0.3 is 0 Å². The van der Waals surface area contributed by atoms with Crippen LogP contribution in [0.25, 0.3) is 0 Å². The van der Waals surface area contributed by atoms with E-state index >= 15 is 0 Å². The molecular weight excluding hydrogens is 368 g/mol. The number of guanidine groups is 1. The molecule has 0 aromatic heterocycles. The summed E-state index contributed by atoms with van der Waals surface area (Å²) >= 11 is 0. The molecule has 0 fully saturated rings. The van der Waals surface area contributed by atoms with Gasteiger partial charge in [0.15, 0.2) is 12.6 Å². The number of benzene rings is 2. The second kappa shape index (κ2) is 12.3. The van der Waals surface area contributed by atoms with Gasteiger partial charge in [-0.05, 0) is 43.7 Å². The molecular formula is C22H30N4O3. The molecule has 1 amide bonds. The number of amides is 1. The Kier molecular flexibility index (Phi) is 9.35. The highest BCUT2D eigenvalue weighted by Crippen LogP contribution is 2.13. The van der Waals surface area contributed by atoms with Gasteiger partial charge in [-0.3, -0.25) is 9.79 Å². The first-order chi connectivity index (χ1) is 14.1. The summed E-state index contributed by atoms with van der Waals surface area (Å²) in [6, 6.07) is 15.6. The van der Waals surface area contributed by atoms with Crippen LogP contribution in [0.5, 0.6) is 11.5 Å². The van der Waals surface area contributed by atoms with E-state index in [1.54, 1.807) is 7.05 Å². The number of hydrogen-bond acceptors (Lipinski definition) is 4. The van der Waals surface area contributed by atoms with Crippen LogP contribution in [0.2, 0.25) is 0 Å². The highest BCUT2D eigenvalue weighted by molar-refractivity contribution is 5.79. The van der Waals surface area contributed by atoms with Crippen molar-refractivity contribution in [3.63, 3.8) is 0 Å². The van der Waals surface area contributed by atoms with Gasteiger partial charge in [0.25, 0.3) is 5.91 Å². The zero-order valence-electron chi connectivity index (χ0n) is 17.3. The van der Waals surface area contributed by atoms with Gasteiger partial charge in [-0.25, -0.2) is 0 Å². The van der Waals surface area contributed by atoms with E-state index in [1.807, 2.05) is 62.4 Å². The number of rotatable bonds is 10. The fraction of sp³-hybridized carbons (Fsp3) is 0.364. The van der Waals surface area contributed by atoms with Crippen molar-refractivity contribution in [2.45, 2.75) is 20.4 Å². The zero-order valence-corrected chi connectivity index (χ0v) is 17.3. The molecule has 156 valence electrons. The van der Waals surface area contributed by atoms with E-state index < -0.39 is 0 Å². The third-order valence-corrected chi connectivity index (χ3v) is 4.01. The second-order valence-electron chi connectivity index (χ2n) is 6.40. The normalized spacial score (nSPS) is 10.9. The van der Waals surface area contributed by atoms with Crippen LogP contribution in [0.15, 0.2) is 53.5 Å². The van der Waals surface area contributed by atoms with Crippen LogP contribution in [-0.4, -0.2) is 45.2 Å². The van der Waals surface area contributed by atoms with Crippen molar-refractivity contribution in [3.8, 4) is 11.5 Å². The minimum absolute atomic E-state index is 0.00886. The van der Waals surface area contributed by atoms with Crippen LogP contribution in [0.4, 0.5) is 0 Å². The summed E-state index contributed by atoms with van der Waals surface area (Å²) in [6.07, 6.45) is 0. The lowest BCUT2D eigenvalue weighted by Gasteiger charge is -2.13. The lowest BCUT2D eigenvalue weighted by molar-refractivity contribution is -0.122. The summed E-state index contributed by atoms with van der Waals surface area (Å²) in [6.45, 7) is 6.27. The SMILES string of the molecule is CCNC(=O)COc1cccc(CNC(=NC)NCCOc2ccc(C)cc2)c1. The Morgan fingerprint density at radius 3 is 2.52 bits per heavy atom. The van der Waals surface area contributed by atoms with E-state index in [0.29, 0.717) is 38.0 Å². The standard InChI is InChI=1S/C22H30N4O3/c1-4-24-21(27)16-29-20-7-5-6-18(14-20)15-26-22(23-3)25-12-13-28-19-10-8-17(2)9-11-19/h5-11,14H,4,12-13,15-16H2,1-3H3,(H,24,27)(H2,23,25,26). The third kappa shape index (κ3) is 8.55. The molecule has 0 unspecified atom stereocenters. The third-order valence-electron chi connectivity index (χ3n) is 4.01. The van der Waals surface area contributed by atoms with E-state index in [9.17, 15) is 4.79 Å². The van der Waals surface area contributed by atoms with Gasteiger partial charge in [-0.1, -0.05) is 29.8 Å². The minimum atomic E-state index is -0.131. The van der Waals surface area contributed by atoms with Crippen LogP contribution < -0.4 is 25.4 Å². The maximum absolute atomic E-state index is 11.5. The van der Waals surface area contributed by atoms with E-state index in [2.05, 4.69) is 20.9 Å². The molecule has 0 aliphatic rings. The van der Waals surface area contributed by atoms with Crippen molar-refractivity contribution in [3.05, 3.63) is 59.7 Å². The largest absolute Gasteiger partial charge is 0.492 e. The van der Waals surface area contributed by atoms with Crippen LogP contribution in [-0.2, 0) is 11.3 Å². The van der Waals surface area contributed by atoms with E-state index in [-0.39, 0.29) is 12.5 Å².